The fraction of sp³-hybridized carbons (Fsp3) is 0.273. The Morgan fingerprint density at radius 2 is 1.82 bits per heavy atom. The van der Waals surface area contributed by atoms with E-state index in [4.69, 9.17) is 0 Å². The van der Waals surface area contributed by atoms with Gasteiger partial charge in [-0.1, -0.05) is 37.0 Å². The van der Waals surface area contributed by atoms with Crippen LogP contribution in [0.1, 0.15) is 20.8 Å². The van der Waals surface area contributed by atoms with Crippen molar-refractivity contribution in [2.45, 2.75) is 20.8 Å². The Kier molecular flexibility index (Phi) is 4.28. The third kappa shape index (κ3) is 3.03. The zero-order valence-electron chi connectivity index (χ0n) is 7.65. The first-order valence-electron chi connectivity index (χ1n) is 3.75. The predicted molar refractivity (Wildman–Crippen MR) is 52.5 cm³/mol. The van der Waals surface area contributed by atoms with Crippen LogP contribution < -0.4 is 0 Å². The molecule has 0 unspecified atom stereocenters. The molecule has 0 N–H and O–H groups in total. The van der Waals surface area contributed by atoms with Crippen molar-refractivity contribution in [1.82, 2.24) is 0 Å². The van der Waals surface area contributed by atoms with Gasteiger partial charge >= 0.3 is 0 Å². The Bertz CT molecular complexity index is 210. The SMILES string of the molecule is C=CC(C(=C)/C=C\C)=C(C)C. The van der Waals surface area contributed by atoms with Crippen LogP contribution in [0.4, 0.5) is 0 Å². The highest BCUT2D eigenvalue weighted by Gasteiger charge is 1.95. The van der Waals surface area contributed by atoms with E-state index in [0.717, 1.165) is 11.1 Å². The molecule has 0 aliphatic heterocycles. The first-order valence-corrected chi connectivity index (χ1v) is 3.75. The second-order valence-corrected chi connectivity index (χ2v) is 2.64. The molecule has 0 atom stereocenters. The molecule has 0 heteroatoms. The van der Waals surface area contributed by atoms with Gasteiger partial charge in [0.25, 0.3) is 0 Å². The van der Waals surface area contributed by atoms with E-state index in [0.29, 0.717) is 0 Å². The topological polar surface area (TPSA) is 0 Å². The molecule has 0 spiro atoms. The molecule has 0 aromatic carbocycles. The van der Waals surface area contributed by atoms with Crippen LogP contribution in [-0.4, -0.2) is 0 Å². The van der Waals surface area contributed by atoms with E-state index in [-0.39, 0.29) is 0 Å². The summed E-state index contributed by atoms with van der Waals surface area (Å²) in [7, 11) is 0. The molecule has 0 heterocycles. The molecule has 0 fully saturated rings. The Balaban J connectivity index is 4.68. The zero-order valence-corrected chi connectivity index (χ0v) is 7.65. The lowest BCUT2D eigenvalue weighted by Crippen LogP contribution is -1.83. The summed E-state index contributed by atoms with van der Waals surface area (Å²) in [4.78, 5) is 0. The predicted octanol–water partition coefficient (Wildman–Crippen LogP) is 3.64. The standard InChI is InChI=1S/C11H16/c1-6-8-10(5)11(7-2)9(3)4/h6-8H,2,5H2,1,3-4H3/b8-6-. The van der Waals surface area contributed by atoms with Crippen LogP contribution in [0.3, 0.4) is 0 Å². The van der Waals surface area contributed by atoms with Crippen LogP contribution in [0.5, 0.6) is 0 Å². The molecular formula is C11H16. The first kappa shape index (κ1) is 9.96. The Morgan fingerprint density at radius 3 is 2.09 bits per heavy atom. The molecule has 0 aliphatic carbocycles. The molecular weight excluding hydrogens is 132 g/mol. The maximum atomic E-state index is 3.92. The third-order valence-corrected chi connectivity index (χ3v) is 1.46. The molecule has 0 amide bonds. The van der Waals surface area contributed by atoms with E-state index in [1.54, 1.807) is 0 Å². The minimum Gasteiger partial charge on any atom is -0.0985 e. The highest BCUT2D eigenvalue weighted by atomic mass is 14.0. The summed E-state index contributed by atoms with van der Waals surface area (Å²) >= 11 is 0. The van der Waals surface area contributed by atoms with Crippen LogP contribution in [0, 0.1) is 0 Å². The van der Waals surface area contributed by atoms with Crippen LogP contribution in [0.2, 0.25) is 0 Å². The molecule has 0 saturated carbocycles. The Morgan fingerprint density at radius 1 is 1.27 bits per heavy atom. The quantitative estimate of drug-likeness (QED) is 0.536. The zero-order chi connectivity index (χ0) is 8.85. The fourth-order valence-corrected chi connectivity index (χ4v) is 0.947. The fourth-order valence-electron chi connectivity index (χ4n) is 0.947. The van der Waals surface area contributed by atoms with Crippen molar-refractivity contribution in [3.05, 3.63) is 48.1 Å². The van der Waals surface area contributed by atoms with Crippen LogP contribution >= 0.6 is 0 Å². The maximum Gasteiger partial charge on any atom is -0.0210 e. The van der Waals surface area contributed by atoms with Gasteiger partial charge in [-0.25, -0.2) is 0 Å². The summed E-state index contributed by atoms with van der Waals surface area (Å²) in [6, 6.07) is 0. The van der Waals surface area contributed by atoms with Crippen LogP contribution in [0.25, 0.3) is 0 Å². The summed E-state index contributed by atoms with van der Waals surface area (Å²) in [5, 5.41) is 0. The monoisotopic (exact) mass is 148 g/mol. The molecule has 60 valence electrons. The smallest absolute Gasteiger partial charge is 0.0210 e. The lowest BCUT2D eigenvalue weighted by atomic mass is 10.0. The summed E-state index contributed by atoms with van der Waals surface area (Å²) in [6.07, 6.45) is 5.82. The Hall–Kier alpha value is -1.04. The van der Waals surface area contributed by atoms with Gasteiger partial charge in [-0.05, 0) is 31.9 Å². The average molecular weight is 148 g/mol. The number of hydrogen-bond acceptors (Lipinski definition) is 0. The molecule has 0 aromatic heterocycles. The van der Waals surface area contributed by atoms with Gasteiger partial charge in [0, 0.05) is 0 Å². The number of rotatable bonds is 3. The Labute approximate surface area is 69.6 Å². The maximum absolute atomic E-state index is 3.92. The van der Waals surface area contributed by atoms with Crippen molar-refractivity contribution >= 4 is 0 Å². The van der Waals surface area contributed by atoms with Gasteiger partial charge in [0.2, 0.25) is 0 Å². The van der Waals surface area contributed by atoms with E-state index < -0.39 is 0 Å². The largest absolute Gasteiger partial charge is 0.0985 e. The van der Waals surface area contributed by atoms with Gasteiger partial charge in [-0.2, -0.15) is 0 Å². The lowest BCUT2D eigenvalue weighted by Gasteiger charge is -2.02. The minimum atomic E-state index is 1.03. The molecule has 0 nitrogen and oxygen atoms in total. The summed E-state index contributed by atoms with van der Waals surface area (Å²) in [5.41, 5.74) is 3.42. The molecule has 0 aliphatic rings. The van der Waals surface area contributed by atoms with Gasteiger partial charge in [0.1, 0.15) is 0 Å². The van der Waals surface area contributed by atoms with Crippen molar-refractivity contribution in [1.29, 1.82) is 0 Å². The average Bonchev–Trinajstić information content (AvgIpc) is 1.88. The van der Waals surface area contributed by atoms with Gasteiger partial charge in [-0.15, -0.1) is 0 Å². The van der Waals surface area contributed by atoms with Gasteiger partial charge in [0.15, 0.2) is 0 Å². The van der Waals surface area contributed by atoms with E-state index in [2.05, 4.69) is 27.0 Å². The highest BCUT2D eigenvalue weighted by molar-refractivity contribution is 5.45. The highest BCUT2D eigenvalue weighted by Crippen LogP contribution is 2.14. The van der Waals surface area contributed by atoms with E-state index in [1.807, 2.05) is 25.2 Å². The molecule has 0 bridgehead atoms. The van der Waals surface area contributed by atoms with Gasteiger partial charge < -0.3 is 0 Å². The van der Waals surface area contributed by atoms with E-state index in [9.17, 15) is 0 Å². The summed E-state index contributed by atoms with van der Waals surface area (Å²) in [6.45, 7) is 13.8. The lowest BCUT2D eigenvalue weighted by molar-refractivity contribution is 1.32. The molecule has 11 heavy (non-hydrogen) atoms. The second-order valence-electron chi connectivity index (χ2n) is 2.64. The van der Waals surface area contributed by atoms with E-state index >= 15 is 0 Å². The minimum absolute atomic E-state index is 1.03. The van der Waals surface area contributed by atoms with Crippen molar-refractivity contribution < 1.29 is 0 Å². The van der Waals surface area contributed by atoms with Crippen molar-refractivity contribution in [3.8, 4) is 0 Å². The van der Waals surface area contributed by atoms with Crippen molar-refractivity contribution in [2.24, 2.45) is 0 Å². The number of hydrogen-bond donors (Lipinski definition) is 0. The molecule has 0 aromatic rings. The first-order chi connectivity index (χ1) is 5.13. The van der Waals surface area contributed by atoms with Gasteiger partial charge in [-0.3, -0.25) is 0 Å². The van der Waals surface area contributed by atoms with E-state index in [1.165, 1.54) is 5.57 Å². The molecule has 0 rings (SSSR count). The summed E-state index contributed by atoms with van der Waals surface area (Å²) < 4.78 is 0. The van der Waals surface area contributed by atoms with Crippen molar-refractivity contribution in [3.63, 3.8) is 0 Å². The van der Waals surface area contributed by atoms with Crippen LogP contribution in [-0.2, 0) is 0 Å². The normalized spacial score (nSPS) is 9.73. The third-order valence-electron chi connectivity index (χ3n) is 1.46. The van der Waals surface area contributed by atoms with Crippen LogP contribution in [0.15, 0.2) is 48.1 Å². The number of allylic oxidation sites excluding steroid dienone is 6. The van der Waals surface area contributed by atoms with Gasteiger partial charge in [0.05, 0.1) is 0 Å². The summed E-state index contributed by atoms with van der Waals surface area (Å²) in [5.74, 6) is 0. The van der Waals surface area contributed by atoms with Crippen molar-refractivity contribution in [2.75, 3.05) is 0 Å². The molecule has 0 radical (unpaired) electrons. The molecule has 0 saturated heterocycles. The second kappa shape index (κ2) is 4.73.